The highest BCUT2D eigenvalue weighted by Gasteiger charge is 2.32. The van der Waals surface area contributed by atoms with Gasteiger partial charge in [-0.2, -0.15) is 13.2 Å². The summed E-state index contributed by atoms with van der Waals surface area (Å²) in [6.45, 7) is 1.16. The van der Waals surface area contributed by atoms with E-state index >= 15 is 0 Å². The van der Waals surface area contributed by atoms with Crippen molar-refractivity contribution in [3.8, 4) is 11.5 Å². The molecule has 0 aromatic heterocycles. The van der Waals surface area contributed by atoms with Crippen molar-refractivity contribution in [1.82, 2.24) is 0 Å². The number of methoxy groups -OCH3 is 1. The largest absolute Gasteiger partial charge is 0.497 e. The Bertz CT molecular complexity index is 849. The molecule has 2 aromatic carbocycles. The van der Waals surface area contributed by atoms with Gasteiger partial charge in [-0.1, -0.05) is 6.07 Å². The lowest BCUT2D eigenvalue weighted by Crippen LogP contribution is -2.21. The van der Waals surface area contributed by atoms with Crippen LogP contribution in [0.25, 0.3) is 0 Å². The molecule has 26 heavy (non-hydrogen) atoms. The molecule has 0 saturated heterocycles. The lowest BCUT2D eigenvalue weighted by Gasteiger charge is -2.14. The summed E-state index contributed by atoms with van der Waals surface area (Å²) in [4.78, 5) is 0. The summed E-state index contributed by atoms with van der Waals surface area (Å²) in [6.07, 6.45) is -4.55. The van der Waals surface area contributed by atoms with Gasteiger partial charge in [0.25, 0.3) is 0 Å². The van der Waals surface area contributed by atoms with E-state index in [9.17, 15) is 21.6 Å². The van der Waals surface area contributed by atoms with Crippen LogP contribution in [-0.4, -0.2) is 27.9 Å². The quantitative estimate of drug-likeness (QED) is 0.781. The number of nitrogens with one attached hydrogen (secondary N) is 1. The highest BCUT2D eigenvalue weighted by atomic mass is 32.2. The Kier molecular flexibility index (Phi) is 6.01. The highest BCUT2D eigenvalue weighted by molar-refractivity contribution is 7.92. The Morgan fingerprint density at radius 2 is 1.65 bits per heavy atom. The number of rotatable bonds is 7. The molecule has 0 aliphatic rings. The van der Waals surface area contributed by atoms with Gasteiger partial charge in [-0.05, 0) is 48.9 Å². The Morgan fingerprint density at radius 3 is 2.23 bits per heavy atom. The number of hydrogen-bond acceptors (Lipinski definition) is 4. The fourth-order valence-corrected chi connectivity index (χ4v) is 3.05. The van der Waals surface area contributed by atoms with Crippen molar-refractivity contribution in [1.29, 1.82) is 0 Å². The van der Waals surface area contributed by atoms with Crippen molar-refractivity contribution < 1.29 is 31.1 Å². The fraction of sp³-hybridized carbons (Fsp3) is 0.294. The van der Waals surface area contributed by atoms with Crippen molar-refractivity contribution in [2.24, 2.45) is 0 Å². The van der Waals surface area contributed by atoms with E-state index in [-0.39, 0.29) is 17.9 Å². The molecule has 5 nitrogen and oxygen atoms in total. The molecule has 0 saturated carbocycles. The molecule has 0 fully saturated rings. The standard InChI is InChI=1S/C17H18F3NO4S/c1-12-3-4-13(11-16(12)17(18,19)20)21-26(22,23)10-9-25-15-7-5-14(24-2)6-8-15/h3-8,11,21H,9-10H2,1-2H3. The molecule has 2 aromatic rings. The third-order valence-electron chi connectivity index (χ3n) is 3.50. The summed E-state index contributed by atoms with van der Waals surface area (Å²) >= 11 is 0. The van der Waals surface area contributed by atoms with Crippen LogP contribution in [-0.2, 0) is 16.2 Å². The third kappa shape index (κ3) is 5.55. The maximum atomic E-state index is 12.9. The minimum atomic E-state index is -4.55. The van der Waals surface area contributed by atoms with E-state index in [0.29, 0.717) is 11.5 Å². The smallest absolute Gasteiger partial charge is 0.416 e. The molecule has 0 unspecified atom stereocenters. The predicted octanol–water partition coefficient (Wildman–Crippen LogP) is 3.84. The Hall–Kier alpha value is -2.42. The van der Waals surface area contributed by atoms with Crippen LogP contribution in [0.2, 0.25) is 0 Å². The third-order valence-corrected chi connectivity index (χ3v) is 4.75. The number of sulfonamides is 1. The average Bonchev–Trinajstić information content (AvgIpc) is 2.56. The minimum Gasteiger partial charge on any atom is -0.497 e. The maximum absolute atomic E-state index is 12.9. The monoisotopic (exact) mass is 389 g/mol. The van der Waals surface area contributed by atoms with Gasteiger partial charge >= 0.3 is 6.18 Å². The second-order valence-electron chi connectivity index (χ2n) is 5.47. The van der Waals surface area contributed by atoms with Crippen LogP contribution in [0.5, 0.6) is 11.5 Å². The van der Waals surface area contributed by atoms with Crippen LogP contribution in [0.1, 0.15) is 11.1 Å². The summed E-state index contributed by atoms with van der Waals surface area (Å²) in [5.41, 5.74) is -1.01. The zero-order valence-electron chi connectivity index (χ0n) is 14.1. The van der Waals surface area contributed by atoms with E-state index in [1.54, 1.807) is 24.3 Å². The van der Waals surface area contributed by atoms with Crippen molar-refractivity contribution in [3.05, 3.63) is 53.6 Å². The van der Waals surface area contributed by atoms with E-state index in [4.69, 9.17) is 9.47 Å². The van der Waals surface area contributed by atoms with Crippen LogP contribution in [0.15, 0.2) is 42.5 Å². The zero-order valence-corrected chi connectivity index (χ0v) is 14.9. The molecule has 0 radical (unpaired) electrons. The van der Waals surface area contributed by atoms with Gasteiger partial charge in [0.05, 0.1) is 12.7 Å². The van der Waals surface area contributed by atoms with Gasteiger partial charge < -0.3 is 9.47 Å². The second kappa shape index (κ2) is 7.86. The number of benzene rings is 2. The van der Waals surface area contributed by atoms with Crippen molar-refractivity contribution in [2.45, 2.75) is 13.1 Å². The first-order valence-electron chi connectivity index (χ1n) is 7.56. The van der Waals surface area contributed by atoms with Crippen LogP contribution in [0, 0.1) is 6.92 Å². The van der Waals surface area contributed by atoms with Crippen LogP contribution >= 0.6 is 0 Å². The first kappa shape index (κ1) is 19.9. The van der Waals surface area contributed by atoms with E-state index < -0.39 is 27.5 Å². The maximum Gasteiger partial charge on any atom is 0.416 e. The molecule has 0 atom stereocenters. The molecule has 0 spiro atoms. The Morgan fingerprint density at radius 1 is 1.04 bits per heavy atom. The Balaban J connectivity index is 1.98. The molecule has 0 aliphatic carbocycles. The first-order valence-corrected chi connectivity index (χ1v) is 9.21. The predicted molar refractivity (Wildman–Crippen MR) is 92.1 cm³/mol. The lowest BCUT2D eigenvalue weighted by atomic mass is 10.1. The molecular formula is C17H18F3NO4S. The molecule has 1 N–H and O–H groups in total. The summed E-state index contributed by atoms with van der Waals surface area (Å²) < 4.78 is 75.2. The van der Waals surface area contributed by atoms with Gasteiger partial charge in [0.1, 0.15) is 23.9 Å². The van der Waals surface area contributed by atoms with Crippen LogP contribution < -0.4 is 14.2 Å². The SMILES string of the molecule is COc1ccc(OCCS(=O)(=O)Nc2ccc(C)c(C(F)(F)F)c2)cc1. The first-order chi connectivity index (χ1) is 12.1. The van der Waals surface area contributed by atoms with E-state index in [0.717, 1.165) is 6.07 Å². The molecule has 2 rings (SSSR count). The van der Waals surface area contributed by atoms with Crippen molar-refractivity contribution in [3.63, 3.8) is 0 Å². The van der Waals surface area contributed by atoms with Gasteiger partial charge in [-0.15, -0.1) is 0 Å². The van der Waals surface area contributed by atoms with E-state index in [1.807, 2.05) is 0 Å². The van der Waals surface area contributed by atoms with E-state index in [2.05, 4.69) is 4.72 Å². The number of anilines is 1. The molecule has 9 heteroatoms. The number of alkyl halides is 3. The van der Waals surface area contributed by atoms with Crippen LogP contribution in [0.4, 0.5) is 18.9 Å². The summed E-state index contributed by atoms with van der Waals surface area (Å²) in [6, 6.07) is 9.83. The lowest BCUT2D eigenvalue weighted by molar-refractivity contribution is -0.138. The van der Waals surface area contributed by atoms with Crippen LogP contribution in [0.3, 0.4) is 0 Å². The Labute approximate surface area is 149 Å². The van der Waals surface area contributed by atoms with Crippen molar-refractivity contribution >= 4 is 15.7 Å². The normalized spacial score (nSPS) is 11.9. The summed E-state index contributed by atoms with van der Waals surface area (Å²) in [5, 5.41) is 0. The van der Waals surface area contributed by atoms with Gasteiger partial charge in [0, 0.05) is 5.69 Å². The number of halogens is 3. The average molecular weight is 389 g/mol. The molecule has 0 heterocycles. The number of ether oxygens (including phenoxy) is 2. The fourth-order valence-electron chi connectivity index (χ4n) is 2.16. The molecule has 0 bridgehead atoms. The summed E-state index contributed by atoms with van der Waals surface area (Å²) in [7, 11) is -2.34. The van der Waals surface area contributed by atoms with Gasteiger partial charge in [-0.25, -0.2) is 8.42 Å². The minimum absolute atomic E-state index is 0.0169. The number of aryl methyl sites for hydroxylation is 1. The van der Waals surface area contributed by atoms with Gasteiger partial charge in [0.2, 0.25) is 10.0 Å². The number of hydrogen-bond donors (Lipinski definition) is 1. The molecule has 0 aliphatic heterocycles. The zero-order chi connectivity index (χ0) is 19.4. The molecule has 0 amide bonds. The highest BCUT2D eigenvalue weighted by Crippen LogP contribution is 2.33. The topological polar surface area (TPSA) is 64.6 Å². The van der Waals surface area contributed by atoms with Gasteiger partial charge in [0.15, 0.2) is 0 Å². The second-order valence-corrected chi connectivity index (χ2v) is 7.31. The molecule has 142 valence electrons. The van der Waals surface area contributed by atoms with E-state index in [1.165, 1.54) is 26.2 Å². The van der Waals surface area contributed by atoms with Crippen molar-refractivity contribution in [2.75, 3.05) is 24.2 Å². The molecular weight excluding hydrogens is 371 g/mol. The van der Waals surface area contributed by atoms with Gasteiger partial charge in [-0.3, -0.25) is 4.72 Å². The summed E-state index contributed by atoms with van der Waals surface area (Å²) in [5.74, 6) is 0.677.